The molecule has 0 aliphatic heterocycles. The van der Waals surface area contributed by atoms with Crippen molar-refractivity contribution in [3.05, 3.63) is 78.9 Å². The molecule has 3 aromatic rings. The van der Waals surface area contributed by atoms with E-state index in [0.29, 0.717) is 5.75 Å². The first-order valence-electron chi connectivity index (χ1n) is 6.69. The maximum absolute atomic E-state index is 8.53. The fourth-order valence-electron chi connectivity index (χ4n) is 2.36. The van der Waals surface area contributed by atoms with Gasteiger partial charge in [-0.15, -0.1) is 5.26 Å². The Balaban J connectivity index is 0.00000176. The number of nitriles is 1. The molecule has 2 nitrogen and oxygen atoms in total. The first-order valence-corrected chi connectivity index (χ1v) is 6.69. The largest absolute Gasteiger partial charge is 0.388 e. The van der Waals surface area contributed by atoms with Crippen molar-refractivity contribution in [3.63, 3.8) is 0 Å². The molecule has 0 unspecified atom stereocenters. The van der Waals surface area contributed by atoms with Gasteiger partial charge in [0.05, 0.1) is 0 Å². The topological polar surface area (TPSA) is 33.0 Å². The molecule has 0 heterocycles. The lowest BCUT2D eigenvalue weighted by molar-refractivity contribution is 0.507. The van der Waals surface area contributed by atoms with Crippen LogP contribution in [0.1, 0.15) is 7.43 Å². The van der Waals surface area contributed by atoms with E-state index in [1.54, 1.807) is 18.4 Å². The fourth-order valence-corrected chi connectivity index (χ4v) is 2.36. The van der Waals surface area contributed by atoms with E-state index in [1.807, 2.05) is 42.5 Å². The van der Waals surface area contributed by atoms with Crippen molar-refractivity contribution in [2.45, 2.75) is 7.43 Å². The average molecular weight is 287 g/mol. The average Bonchev–Trinajstić information content (AvgIpc) is 2.57. The van der Waals surface area contributed by atoms with Crippen molar-refractivity contribution >= 4 is 0 Å². The van der Waals surface area contributed by atoms with Crippen LogP contribution in [0.2, 0.25) is 0 Å². The fraction of sp³-hybridized carbons (Fsp3) is 0.0500. The predicted molar refractivity (Wildman–Crippen MR) is 90.3 cm³/mol. The zero-order valence-corrected chi connectivity index (χ0v) is 11.4. The highest BCUT2D eigenvalue weighted by molar-refractivity contribution is 5.83. The van der Waals surface area contributed by atoms with Gasteiger partial charge in [0.25, 0.3) is 6.26 Å². The lowest BCUT2D eigenvalue weighted by Gasteiger charge is -2.10. The summed E-state index contributed by atoms with van der Waals surface area (Å²) in [5, 5.41) is 8.53. The smallest absolute Gasteiger partial charge is 0.292 e. The van der Waals surface area contributed by atoms with Crippen LogP contribution in [-0.4, -0.2) is 0 Å². The van der Waals surface area contributed by atoms with Gasteiger partial charge in [-0.3, -0.25) is 0 Å². The van der Waals surface area contributed by atoms with Crippen LogP contribution in [0.15, 0.2) is 78.9 Å². The zero-order chi connectivity index (χ0) is 14.5. The van der Waals surface area contributed by atoms with Crippen LogP contribution < -0.4 is 4.74 Å². The second-order valence-corrected chi connectivity index (χ2v) is 4.63. The Kier molecular flexibility index (Phi) is 4.95. The molecule has 22 heavy (non-hydrogen) atoms. The molecule has 0 saturated heterocycles. The minimum Gasteiger partial charge on any atom is -0.388 e. The van der Waals surface area contributed by atoms with Crippen LogP contribution in [0, 0.1) is 11.5 Å². The monoisotopic (exact) mass is 287 g/mol. The number of ether oxygens (including phenoxy) is 1. The summed E-state index contributed by atoms with van der Waals surface area (Å²) in [6.45, 7) is 0. The van der Waals surface area contributed by atoms with Gasteiger partial charge in [0.2, 0.25) is 0 Å². The van der Waals surface area contributed by atoms with Crippen LogP contribution in [0.4, 0.5) is 0 Å². The Morgan fingerprint density at radius 2 is 1.14 bits per heavy atom. The molecule has 0 fully saturated rings. The van der Waals surface area contributed by atoms with Crippen LogP contribution >= 0.6 is 0 Å². The summed E-state index contributed by atoms with van der Waals surface area (Å²) in [6, 6.07) is 26.1. The summed E-state index contributed by atoms with van der Waals surface area (Å²) in [5.74, 6) is 0.554. The van der Waals surface area contributed by atoms with E-state index in [-0.39, 0.29) is 7.43 Å². The SMILES string of the molecule is C.N#COc1ccc(-c2ccccc2-c2ccccc2)cc1. The van der Waals surface area contributed by atoms with Crippen molar-refractivity contribution in [3.8, 4) is 34.3 Å². The van der Waals surface area contributed by atoms with E-state index in [9.17, 15) is 0 Å². The normalized spacial score (nSPS) is 9.41. The van der Waals surface area contributed by atoms with Crippen molar-refractivity contribution in [2.24, 2.45) is 0 Å². The lowest BCUT2D eigenvalue weighted by Crippen LogP contribution is -1.86. The van der Waals surface area contributed by atoms with E-state index in [1.165, 1.54) is 11.1 Å². The summed E-state index contributed by atoms with van der Waals surface area (Å²) in [5.41, 5.74) is 4.63. The maximum Gasteiger partial charge on any atom is 0.292 e. The first-order chi connectivity index (χ1) is 10.4. The molecule has 3 aromatic carbocycles. The third-order valence-electron chi connectivity index (χ3n) is 3.34. The summed E-state index contributed by atoms with van der Waals surface area (Å²) in [4.78, 5) is 0. The van der Waals surface area contributed by atoms with E-state index in [0.717, 1.165) is 11.1 Å². The number of hydrogen-bond acceptors (Lipinski definition) is 2. The summed E-state index contributed by atoms with van der Waals surface area (Å²) < 4.78 is 4.82. The molecular weight excluding hydrogens is 270 g/mol. The molecule has 0 aromatic heterocycles. The molecule has 0 saturated carbocycles. The summed E-state index contributed by atoms with van der Waals surface area (Å²) in [7, 11) is 0. The van der Waals surface area contributed by atoms with E-state index >= 15 is 0 Å². The Labute approximate surface area is 131 Å². The van der Waals surface area contributed by atoms with E-state index < -0.39 is 0 Å². The quantitative estimate of drug-likeness (QED) is 0.594. The van der Waals surface area contributed by atoms with Crippen LogP contribution in [0.3, 0.4) is 0 Å². The molecule has 0 atom stereocenters. The minimum absolute atomic E-state index is 0. The molecule has 0 bridgehead atoms. The van der Waals surface area contributed by atoms with Crippen LogP contribution in [-0.2, 0) is 0 Å². The first kappa shape index (κ1) is 15.3. The number of benzene rings is 3. The molecule has 0 amide bonds. The zero-order valence-electron chi connectivity index (χ0n) is 11.4. The third kappa shape index (κ3) is 3.16. The van der Waals surface area contributed by atoms with Crippen molar-refractivity contribution in [2.75, 3.05) is 0 Å². The standard InChI is InChI=1S/C19H13NO.CH4/c20-14-21-17-12-10-16(11-13-17)19-9-5-4-8-18(19)15-6-2-1-3-7-15;/h1-13H;1H4. The Morgan fingerprint density at radius 1 is 0.636 bits per heavy atom. The highest BCUT2D eigenvalue weighted by Gasteiger charge is 2.06. The van der Waals surface area contributed by atoms with Gasteiger partial charge in [0.15, 0.2) is 0 Å². The predicted octanol–water partition coefficient (Wildman–Crippen LogP) is 5.52. The molecule has 3 rings (SSSR count). The van der Waals surface area contributed by atoms with Crippen LogP contribution in [0.25, 0.3) is 22.3 Å². The van der Waals surface area contributed by atoms with Gasteiger partial charge in [-0.05, 0) is 34.4 Å². The summed E-state index contributed by atoms with van der Waals surface area (Å²) in [6.07, 6.45) is 1.68. The van der Waals surface area contributed by atoms with Crippen molar-refractivity contribution in [1.29, 1.82) is 5.26 Å². The number of nitrogens with zero attached hydrogens (tertiary/aromatic N) is 1. The Hall–Kier alpha value is -3.05. The molecule has 0 spiro atoms. The molecule has 2 heteroatoms. The Bertz CT molecular complexity index is 771. The Morgan fingerprint density at radius 3 is 1.68 bits per heavy atom. The van der Waals surface area contributed by atoms with E-state index in [2.05, 4.69) is 24.3 Å². The molecule has 108 valence electrons. The minimum atomic E-state index is 0. The molecule has 0 aliphatic carbocycles. The third-order valence-corrected chi connectivity index (χ3v) is 3.34. The van der Waals surface area contributed by atoms with Crippen LogP contribution in [0.5, 0.6) is 5.75 Å². The van der Waals surface area contributed by atoms with Gasteiger partial charge in [0.1, 0.15) is 5.75 Å². The molecule has 0 N–H and O–H groups in total. The second-order valence-electron chi connectivity index (χ2n) is 4.63. The van der Waals surface area contributed by atoms with Gasteiger partial charge >= 0.3 is 0 Å². The van der Waals surface area contributed by atoms with E-state index in [4.69, 9.17) is 10.00 Å². The van der Waals surface area contributed by atoms with Gasteiger partial charge in [-0.25, -0.2) is 0 Å². The maximum atomic E-state index is 8.53. The lowest BCUT2D eigenvalue weighted by atomic mass is 9.95. The summed E-state index contributed by atoms with van der Waals surface area (Å²) >= 11 is 0. The molecule has 0 radical (unpaired) electrons. The van der Waals surface area contributed by atoms with Gasteiger partial charge in [0, 0.05) is 0 Å². The number of hydrogen-bond donors (Lipinski definition) is 0. The molecular formula is C20H17NO. The highest BCUT2D eigenvalue weighted by atomic mass is 16.5. The van der Waals surface area contributed by atoms with Crippen molar-refractivity contribution in [1.82, 2.24) is 0 Å². The highest BCUT2D eigenvalue weighted by Crippen LogP contribution is 2.32. The molecule has 0 aliphatic rings. The van der Waals surface area contributed by atoms with Gasteiger partial charge in [-0.1, -0.05) is 74.2 Å². The van der Waals surface area contributed by atoms with Crippen molar-refractivity contribution < 1.29 is 4.74 Å². The van der Waals surface area contributed by atoms with Gasteiger partial charge < -0.3 is 4.74 Å². The van der Waals surface area contributed by atoms with Gasteiger partial charge in [-0.2, -0.15) is 0 Å². The number of rotatable bonds is 3. The second kappa shape index (κ2) is 7.10.